The molecule has 0 aromatic carbocycles. The number of esters is 2. The molecular weight excluding hydrogens is 781 g/mol. The Kier molecular flexibility index (Phi) is 43.6. The summed E-state index contributed by atoms with van der Waals surface area (Å²) in [5, 5.41) is 13.7. The van der Waals surface area contributed by atoms with Gasteiger partial charge >= 0.3 is 11.9 Å². The number of aliphatic hydroxyl groups excluding tert-OH is 1. The first kappa shape index (κ1) is 59.8. The van der Waals surface area contributed by atoms with E-state index in [1.165, 1.54) is 180 Å². The third-order valence-electron chi connectivity index (χ3n) is 14.1. The van der Waals surface area contributed by atoms with E-state index in [9.17, 15) is 14.7 Å². The molecule has 7 heteroatoms. The molecule has 0 bridgehead atoms. The molecule has 0 aromatic heterocycles. The van der Waals surface area contributed by atoms with Crippen LogP contribution in [0.4, 0.5) is 0 Å². The van der Waals surface area contributed by atoms with Crippen molar-refractivity contribution in [3.8, 4) is 0 Å². The summed E-state index contributed by atoms with van der Waals surface area (Å²) < 4.78 is 11.8. The van der Waals surface area contributed by atoms with Crippen LogP contribution >= 0.6 is 0 Å². The zero-order valence-corrected chi connectivity index (χ0v) is 42.9. The minimum absolute atomic E-state index is 0.00537. The number of carbonyl (C=O) groups is 2. The molecule has 2 N–H and O–H groups in total. The fourth-order valence-electron chi connectivity index (χ4n) is 9.65. The molecule has 63 heavy (non-hydrogen) atoms. The number of ether oxygens (including phenoxy) is 2. The van der Waals surface area contributed by atoms with Gasteiger partial charge in [0.15, 0.2) is 0 Å². The highest BCUT2D eigenvalue weighted by Gasteiger charge is 2.19. The number of unbranched alkanes of at least 4 members (excludes halogenated alkanes) is 24. The highest BCUT2D eigenvalue weighted by molar-refractivity contribution is 5.69. The Morgan fingerprint density at radius 1 is 0.460 bits per heavy atom. The van der Waals surface area contributed by atoms with Gasteiger partial charge in [0.25, 0.3) is 0 Å². The predicted molar refractivity (Wildman–Crippen MR) is 271 cm³/mol. The van der Waals surface area contributed by atoms with Gasteiger partial charge in [-0.05, 0) is 102 Å². The van der Waals surface area contributed by atoms with E-state index in [1.807, 2.05) is 0 Å². The Balaban J connectivity index is 2.47. The first-order chi connectivity index (χ1) is 30.9. The van der Waals surface area contributed by atoms with Crippen molar-refractivity contribution in [2.45, 2.75) is 297 Å². The average molecular weight is 892 g/mol. The van der Waals surface area contributed by atoms with Gasteiger partial charge in [0, 0.05) is 32.0 Å². The van der Waals surface area contributed by atoms with Crippen LogP contribution in [0.5, 0.6) is 0 Å². The van der Waals surface area contributed by atoms with Gasteiger partial charge in [-0.1, -0.05) is 195 Å². The Bertz CT molecular complexity index is 877. The molecule has 0 saturated heterocycles. The molecular formula is C56H110N2O5. The number of hydrogen-bond acceptors (Lipinski definition) is 7. The largest absolute Gasteiger partial charge is 0.465 e. The number of nitrogens with one attached hydrogen (secondary N) is 1. The molecule has 0 unspecified atom stereocenters. The summed E-state index contributed by atoms with van der Waals surface area (Å²) in [5.74, 6) is 1.03. The van der Waals surface area contributed by atoms with E-state index in [1.54, 1.807) is 0 Å². The second kappa shape index (κ2) is 46.0. The third kappa shape index (κ3) is 39.7. The highest BCUT2D eigenvalue weighted by Crippen LogP contribution is 2.23. The summed E-state index contributed by atoms with van der Waals surface area (Å²) in [6, 6.07) is 0.514. The summed E-state index contributed by atoms with van der Waals surface area (Å²) in [7, 11) is 0. The van der Waals surface area contributed by atoms with Gasteiger partial charge in [-0.2, -0.15) is 0 Å². The zero-order valence-electron chi connectivity index (χ0n) is 42.9. The predicted octanol–water partition coefficient (Wildman–Crippen LogP) is 15.6. The van der Waals surface area contributed by atoms with E-state index in [0.717, 1.165) is 90.4 Å². The smallest absolute Gasteiger partial charge is 0.305 e. The van der Waals surface area contributed by atoms with Crippen LogP contribution in [0.2, 0.25) is 0 Å². The van der Waals surface area contributed by atoms with E-state index in [2.05, 4.69) is 37.9 Å². The minimum atomic E-state index is -0.123. The van der Waals surface area contributed by atoms with E-state index < -0.39 is 0 Å². The number of hydrogen-bond donors (Lipinski definition) is 2. The van der Waals surface area contributed by atoms with Crippen LogP contribution in [0.3, 0.4) is 0 Å². The zero-order chi connectivity index (χ0) is 45.7. The monoisotopic (exact) mass is 891 g/mol. The number of carbonyl (C=O) groups excluding carboxylic acids is 2. The molecule has 7 nitrogen and oxygen atoms in total. The molecule has 374 valence electrons. The molecule has 0 aromatic rings. The molecule has 1 aliphatic rings. The molecule has 0 spiro atoms. The van der Waals surface area contributed by atoms with Crippen LogP contribution in [0, 0.1) is 11.8 Å². The van der Waals surface area contributed by atoms with Crippen molar-refractivity contribution in [2.75, 3.05) is 39.4 Å². The Morgan fingerprint density at radius 2 is 0.794 bits per heavy atom. The van der Waals surface area contributed by atoms with Crippen molar-refractivity contribution in [1.29, 1.82) is 0 Å². The van der Waals surface area contributed by atoms with Crippen molar-refractivity contribution < 1.29 is 24.2 Å². The van der Waals surface area contributed by atoms with Gasteiger partial charge in [-0.15, -0.1) is 0 Å². The van der Waals surface area contributed by atoms with Crippen LogP contribution < -0.4 is 5.32 Å². The number of aliphatic hydroxyl groups is 1. The second-order valence-corrected chi connectivity index (χ2v) is 20.2. The Hall–Kier alpha value is -1.18. The van der Waals surface area contributed by atoms with Gasteiger partial charge in [0.05, 0.1) is 19.3 Å². The van der Waals surface area contributed by atoms with Crippen molar-refractivity contribution in [1.82, 2.24) is 10.2 Å². The normalized spacial score (nSPS) is 15.6. The molecule has 0 aliphatic heterocycles. The van der Waals surface area contributed by atoms with Crippen LogP contribution in [0.1, 0.15) is 285 Å². The third-order valence-corrected chi connectivity index (χ3v) is 14.1. The SMILES string of the molecule is CCCCCCCCC(CCCCCCCC)COC(=O)CCCCCN(CCCCCC(=O)OCC(CCCCCCCC)CCCCCCCC)CCNC1CCC(O)CC1. The van der Waals surface area contributed by atoms with Crippen LogP contribution in [-0.4, -0.2) is 73.5 Å². The first-order valence-electron chi connectivity index (χ1n) is 28.4. The maximum atomic E-state index is 12.9. The maximum Gasteiger partial charge on any atom is 0.305 e. The standard InChI is InChI=1S/C56H110N2O5/c1-5-9-13-17-21-27-35-51(36-28-22-18-14-10-6-2)49-62-55(60)39-31-25-33-46-58(48-45-57-53-41-43-54(59)44-42-53)47-34-26-32-40-56(61)63-50-52(37-29-23-19-15-11-7-3)38-30-24-20-16-12-8-4/h51-54,57,59H,5-50H2,1-4H3. The molecule has 1 saturated carbocycles. The van der Waals surface area contributed by atoms with E-state index >= 15 is 0 Å². The van der Waals surface area contributed by atoms with Gasteiger partial charge in [0.1, 0.15) is 0 Å². The summed E-state index contributed by atoms with van der Waals surface area (Å²) in [6.45, 7) is 14.4. The summed E-state index contributed by atoms with van der Waals surface area (Å²) in [4.78, 5) is 28.3. The molecule has 1 aliphatic carbocycles. The minimum Gasteiger partial charge on any atom is -0.465 e. The molecule has 1 fully saturated rings. The molecule has 0 heterocycles. The topological polar surface area (TPSA) is 88.1 Å². The van der Waals surface area contributed by atoms with Crippen molar-refractivity contribution in [3.63, 3.8) is 0 Å². The molecule has 1 rings (SSSR count). The maximum absolute atomic E-state index is 12.9. The molecule has 0 atom stereocenters. The lowest BCUT2D eigenvalue weighted by atomic mass is 9.93. The number of rotatable bonds is 48. The fraction of sp³-hybridized carbons (Fsp3) is 0.964. The fourth-order valence-corrected chi connectivity index (χ4v) is 9.65. The van der Waals surface area contributed by atoms with Gasteiger partial charge < -0.3 is 24.8 Å². The number of nitrogens with zero attached hydrogens (tertiary/aromatic N) is 1. The second-order valence-electron chi connectivity index (χ2n) is 20.2. The van der Waals surface area contributed by atoms with Crippen molar-refractivity contribution in [3.05, 3.63) is 0 Å². The highest BCUT2D eigenvalue weighted by atomic mass is 16.5. The van der Waals surface area contributed by atoms with Crippen molar-refractivity contribution >= 4 is 11.9 Å². The van der Waals surface area contributed by atoms with Crippen molar-refractivity contribution in [2.24, 2.45) is 11.8 Å². The lowest BCUT2D eigenvalue weighted by molar-refractivity contribution is -0.146. The summed E-state index contributed by atoms with van der Waals surface area (Å²) in [5.41, 5.74) is 0. The van der Waals surface area contributed by atoms with E-state index in [0.29, 0.717) is 43.9 Å². The van der Waals surface area contributed by atoms with E-state index in [-0.39, 0.29) is 18.0 Å². The summed E-state index contributed by atoms with van der Waals surface area (Å²) in [6.07, 6.45) is 47.4. The quantitative estimate of drug-likeness (QED) is 0.0465. The Labute approximate surface area is 392 Å². The lowest BCUT2D eigenvalue weighted by Crippen LogP contribution is -2.40. The lowest BCUT2D eigenvalue weighted by Gasteiger charge is -2.28. The van der Waals surface area contributed by atoms with Gasteiger partial charge in [0.2, 0.25) is 0 Å². The average Bonchev–Trinajstić information content (AvgIpc) is 3.28. The first-order valence-corrected chi connectivity index (χ1v) is 28.4. The van der Waals surface area contributed by atoms with Gasteiger partial charge in [-0.3, -0.25) is 9.59 Å². The molecule has 0 radical (unpaired) electrons. The molecule has 0 amide bonds. The summed E-state index contributed by atoms with van der Waals surface area (Å²) >= 11 is 0. The Morgan fingerprint density at radius 3 is 1.16 bits per heavy atom. The van der Waals surface area contributed by atoms with E-state index in [4.69, 9.17) is 9.47 Å². The van der Waals surface area contributed by atoms with Gasteiger partial charge in [-0.25, -0.2) is 0 Å². The van der Waals surface area contributed by atoms with Crippen LogP contribution in [0.25, 0.3) is 0 Å². The van der Waals surface area contributed by atoms with Crippen LogP contribution in [0.15, 0.2) is 0 Å². The van der Waals surface area contributed by atoms with Crippen LogP contribution in [-0.2, 0) is 19.1 Å².